The zero-order valence-electron chi connectivity index (χ0n) is 12.7. The van der Waals surface area contributed by atoms with E-state index in [2.05, 4.69) is 5.32 Å². The number of carbonyl (C=O) groups is 2. The Labute approximate surface area is 140 Å². The van der Waals surface area contributed by atoms with Gasteiger partial charge in [-0.2, -0.15) is 0 Å². The minimum absolute atomic E-state index is 0.0127. The van der Waals surface area contributed by atoms with Gasteiger partial charge in [0, 0.05) is 11.6 Å². The zero-order valence-corrected chi connectivity index (χ0v) is 14.3. The normalized spacial score (nSPS) is 16.2. The van der Waals surface area contributed by atoms with Crippen molar-refractivity contribution in [2.45, 2.75) is 6.04 Å². The van der Waals surface area contributed by atoms with Crippen LogP contribution in [0.3, 0.4) is 0 Å². The van der Waals surface area contributed by atoms with Crippen molar-refractivity contribution in [1.29, 1.82) is 0 Å². The number of halogens is 1. The Morgan fingerprint density at radius 3 is 2.77 bits per heavy atom. The molecular weight excluding hydrogens is 322 g/mol. The van der Waals surface area contributed by atoms with Crippen molar-refractivity contribution in [3.05, 3.63) is 34.9 Å². The number of thioether (sulfide) groups is 1. The average molecular weight is 342 g/mol. The Morgan fingerprint density at radius 1 is 1.45 bits per heavy atom. The number of hydrogen-bond acceptors (Lipinski definition) is 4. The number of likely N-dealkylation sites (N-methyl/N-ethyl adjacent to an activating group) is 1. The van der Waals surface area contributed by atoms with Crippen LogP contribution in [0.25, 0.3) is 0 Å². The molecule has 1 atom stereocenters. The van der Waals surface area contributed by atoms with E-state index < -0.39 is 0 Å². The Hall–Kier alpha value is -1.24. The van der Waals surface area contributed by atoms with Crippen LogP contribution in [0.1, 0.15) is 11.6 Å². The second-order valence-electron chi connectivity index (χ2n) is 5.37. The van der Waals surface area contributed by atoms with E-state index in [0.717, 1.165) is 5.56 Å². The molecule has 1 aromatic carbocycles. The number of amides is 2. The SMILES string of the molecule is CN(C)[C@@H](CNC(=O)CN1CSCC1=O)c1ccccc1Cl. The second-order valence-corrected chi connectivity index (χ2v) is 6.74. The van der Waals surface area contributed by atoms with E-state index in [4.69, 9.17) is 11.6 Å². The first-order chi connectivity index (χ1) is 10.5. The van der Waals surface area contributed by atoms with E-state index in [0.29, 0.717) is 23.2 Å². The van der Waals surface area contributed by atoms with E-state index in [9.17, 15) is 9.59 Å². The highest BCUT2D eigenvalue weighted by atomic mass is 35.5. The highest BCUT2D eigenvalue weighted by Crippen LogP contribution is 2.25. The molecule has 0 radical (unpaired) electrons. The van der Waals surface area contributed by atoms with Crippen molar-refractivity contribution in [2.24, 2.45) is 0 Å². The molecule has 1 heterocycles. The molecule has 120 valence electrons. The lowest BCUT2D eigenvalue weighted by atomic mass is 10.1. The van der Waals surface area contributed by atoms with Gasteiger partial charge in [-0.15, -0.1) is 11.8 Å². The Balaban J connectivity index is 1.93. The van der Waals surface area contributed by atoms with E-state index in [1.807, 2.05) is 43.3 Å². The van der Waals surface area contributed by atoms with Gasteiger partial charge in [0.15, 0.2) is 0 Å². The maximum Gasteiger partial charge on any atom is 0.239 e. The van der Waals surface area contributed by atoms with Crippen LogP contribution in [0.5, 0.6) is 0 Å². The molecule has 0 unspecified atom stereocenters. The number of benzene rings is 1. The summed E-state index contributed by atoms with van der Waals surface area (Å²) in [6.07, 6.45) is 0. The van der Waals surface area contributed by atoms with Crippen LogP contribution in [0.15, 0.2) is 24.3 Å². The van der Waals surface area contributed by atoms with Crippen molar-refractivity contribution in [3.8, 4) is 0 Å². The smallest absolute Gasteiger partial charge is 0.239 e. The molecule has 5 nitrogen and oxygen atoms in total. The molecule has 0 bridgehead atoms. The van der Waals surface area contributed by atoms with Gasteiger partial charge < -0.3 is 15.1 Å². The fourth-order valence-electron chi connectivity index (χ4n) is 2.30. The summed E-state index contributed by atoms with van der Waals surface area (Å²) in [7, 11) is 3.89. The van der Waals surface area contributed by atoms with Crippen LogP contribution in [0, 0.1) is 0 Å². The van der Waals surface area contributed by atoms with Crippen molar-refractivity contribution in [3.63, 3.8) is 0 Å². The molecular formula is C15H20ClN3O2S. The molecule has 2 amide bonds. The molecule has 0 spiro atoms. The average Bonchev–Trinajstić information content (AvgIpc) is 2.86. The third kappa shape index (κ3) is 4.38. The lowest BCUT2D eigenvalue weighted by Gasteiger charge is -2.26. The zero-order chi connectivity index (χ0) is 16.1. The first kappa shape index (κ1) is 17.1. The summed E-state index contributed by atoms with van der Waals surface area (Å²) in [5.74, 6) is 0.936. The standard InChI is InChI=1S/C15H20ClN3O2S/c1-18(2)13(11-5-3-4-6-12(11)16)7-17-14(20)8-19-10-22-9-15(19)21/h3-6,13H,7-10H2,1-2H3,(H,17,20)/t13-/m0/s1. The maximum absolute atomic E-state index is 12.0. The molecule has 1 aliphatic heterocycles. The summed E-state index contributed by atoms with van der Waals surface area (Å²) in [6.45, 7) is 0.569. The van der Waals surface area contributed by atoms with Gasteiger partial charge in [-0.1, -0.05) is 29.8 Å². The monoisotopic (exact) mass is 341 g/mol. The van der Waals surface area contributed by atoms with Gasteiger partial charge in [-0.25, -0.2) is 0 Å². The fourth-order valence-corrected chi connectivity index (χ4v) is 3.46. The first-order valence-corrected chi connectivity index (χ1v) is 8.55. The largest absolute Gasteiger partial charge is 0.353 e. The molecule has 2 rings (SSSR count). The van der Waals surface area contributed by atoms with Crippen LogP contribution in [-0.2, 0) is 9.59 Å². The minimum Gasteiger partial charge on any atom is -0.353 e. The molecule has 1 aliphatic rings. The number of carbonyl (C=O) groups excluding carboxylic acids is 2. The summed E-state index contributed by atoms with van der Waals surface area (Å²) >= 11 is 7.77. The van der Waals surface area contributed by atoms with Gasteiger partial charge in [0.2, 0.25) is 11.8 Å². The van der Waals surface area contributed by atoms with Crippen molar-refractivity contribution < 1.29 is 9.59 Å². The number of nitrogens with one attached hydrogen (secondary N) is 1. The number of nitrogens with zero attached hydrogens (tertiary/aromatic N) is 2. The van der Waals surface area contributed by atoms with Crippen molar-refractivity contribution >= 4 is 35.2 Å². The quantitative estimate of drug-likeness (QED) is 0.853. The summed E-state index contributed by atoms with van der Waals surface area (Å²) in [5, 5.41) is 3.58. The lowest BCUT2D eigenvalue weighted by molar-refractivity contribution is -0.132. The Morgan fingerprint density at radius 2 is 2.18 bits per heavy atom. The number of rotatable bonds is 6. The lowest BCUT2D eigenvalue weighted by Crippen LogP contribution is -2.41. The van der Waals surface area contributed by atoms with Crippen LogP contribution >= 0.6 is 23.4 Å². The third-order valence-corrected chi connectivity index (χ3v) is 4.83. The van der Waals surface area contributed by atoms with Crippen LogP contribution in [-0.4, -0.2) is 60.4 Å². The van der Waals surface area contributed by atoms with Gasteiger partial charge in [-0.3, -0.25) is 9.59 Å². The molecule has 1 saturated heterocycles. The van der Waals surface area contributed by atoms with Gasteiger partial charge >= 0.3 is 0 Å². The molecule has 22 heavy (non-hydrogen) atoms. The van der Waals surface area contributed by atoms with E-state index in [1.165, 1.54) is 11.8 Å². The van der Waals surface area contributed by atoms with Gasteiger partial charge in [0.05, 0.1) is 17.7 Å². The highest BCUT2D eigenvalue weighted by molar-refractivity contribution is 8.00. The van der Waals surface area contributed by atoms with Gasteiger partial charge in [0.25, 0.3) is 0 Å². The Bertz CT molecular complexity index is 553. The molecule has 1 fully saturated rings. The summed E-state index contributed by atoms with van der Waals surface area (Å²) in [6, 6.07) is 7.60. The minimum atomic E-state index is -0.144. The Kier molecular flexibility index (Phi) is 6.11. The second kappa shape index (κ2) is 7.85. The molecule has 0 aromatic heterocycles. The molecule has 0 aliphatic carbocycles. The van der Waals surface area contributed by atoms with Crippen LogP contribution < -0.4 is 5.32 Å². The predicted octanol–water partition coefficient (Wildman–Crippen LogP) is 1.59. The fraction of sp³-hybridized carbons (Fsp3) is 0.467. The number of hydrogen-bond donors (Lipinski definition) is 1. The molecule has 1 N–H and O–H groups in total. The molecule has 1 aromatic rings. The molecule has 0 saturated carbocycles. The highest BCUT2D eigenvalue weighted by Gasteiger charge is 2.24. The first-order valence-electron chi connectivity index (χ1n) is 7.02. The van der Waals surface area contributed by atoms with Crippen LogP contribution in [0.4, 0.5) is 0 Å². The summed E-state index contributed by atoms with van der Waals surface area (Å²) < 4.78 is 0. The third-order valence-electron chi connectivity index (χ3n) is 3.54. The predicted molar refractivity (Wildman–Crippen MR) is 89.9 cm³/mol. The van der Waals surface area contributed by atoms with E-state index in [-0.39, 0.29) is 24.4 Å². The van der Waals surface area contributed by atoms with Crippen molar-refractivity contribution in [2.75, 3.05) is 38.8 Å². The summed E-state index contributed by atoms with van der Waals surface area (Å²) in [4.78, 5) is 27.1. The van der Waals surface area contributed by atoms with Crippen molar-refractivity contribution in [1.82, 2.24) is 15.1 Å². The summed E-state index contributed by atoms with van der Waals surface area (Å²) in [5.41, 5.74) is 0.974. The molecule has 7 heteroatoms. The van der Waals surface area contributed by atoms with Crippen LogP contribution in [0.2, 0.25) is 5.02 Å². The van der Waals surface area contributed by atoms with Gasteiger partial charge in [0.1, 0.15) is 6.54 Å². The van der Waals surface area contributed by atoms with E-state index in [1.54, 1.807) is 4.90 Å². The van der Waals surface area contributed by atoms with Gasteiger partial charge in [-0.05, 0) is 25.7 Å². The van der Waals surface area contributed by atoms with E-state index >= 15 is 0 Å². The topological polar surface area (TPSA) is 52.7 Å². The maximum atomic E-state index is 12.0.